The van der Waals surface area contributed by atoms with Crippen LogP contribution >= 0.6 is 0 Å². The Hall–Kier alpha value is -2.18. The number of benzene rings is 1. The standard InChI is InChI=1S/C21H29N3O3/c25-20(17-22-21(26)19-8-15-27-16-9-19)24-13-11-23(12-14-24)10-4-7-18-5-2-1-3-6-18/h1-7,19H,8-17H2,(H,22,26)/b7-4+. The normalized spacial score (nSPS) is 19.3. The third kappa shape index (κ3) is 6.19. The summed E-state index contributed by atoms with van der Waals surface area (Å²) in [5.41, 5.74) is 1.20. The van der Waals surface area contributed by atoms with Crippen molar-refractivity contribution in [2.45, 2.75) is 12.8 Å². The molecule has 0 aliphatic carbocycles. The summed E-state index contributed by atoms with van der Waals surface area (Å²) in [7, 11) is 0. The molecule has 6 nitrogen and oxygen atoms in total. The first-order valence-electron chi connectivity index (χ1n) is 9.79. The number of rotatable bonds is 6. The van der Waals surface area contributed by atoms with Crippen LogP contribution < -0.4 is 5.32 Å². The van der Waals surface area contributed by atoms with Crippen LogP contribution in [0.5, 0.6) is 0 Å². The maximum Gasteiger partial charge on any atom is 0.242 e. The Morgan fingerprint density at radius 2 is 1.78 bits per heavy atom. The average molecular weight is 371 g/mol. The van der Waals surface area contributed by atoms with Crippen molar-refractivity contribution in [3.05, 3.63) is 42.0 Å². The van der Waals surface area contributed by atoms with Crippen molar-refractivity contribution < 1.29 is 14.3 Å². The van der Waals surface area contributed by atoms with Gasteiger partial charge in [0.05, 0.1) is 6.54 Å². The van der Waals surface area contributed by atoms with Crippen molar-refractivity contribution in [3.63, 3.8) is 0 Å². The summed E-state index contributed by atoms with van der Waals surface area (Å²) in [5.74, 6) is -0.0222. The summed E-state index contributed by atoms with van der Waals surface area (Å²) >= 11 is 0. The molecule has 2 saturated heterocycles. The Balaban J connectivity index is 1.34. The molecule has 1 N–H and O–H groups in total. The molecule has 2 heterocycles. The summed E-state index contributed by atoms with van der Waals surface area (Å²) in [6, 6.07) is 10.2. The third-order valence-corrected chi connectivity index (χ3v) is 5.20. The van der Waals surface area contributed by atoms with Gasteiger partial charge in [-0.05, 0) is 18.4 Å². The monoisotopic (exact) mass is 371 g/mol. The van der Waals surface area contributed by atoms with Gasteiger partial charge in [0.2, 0.25) is 11.8 Å². The lowest BCUT2D eigenvalue weighted by Gasteiger charge is -2.34. The number of nitrogens with one attached hydrogen (secondary N) is 1. The lowest BCUT2D eigenvalue weighted by Crippen LogP contribution is -2.51. The minimum atomic E-state index is -0.0173. The first-order valence-corrected chi connectivity index (χ1v) is 9.79. The van der Waals surface area contributed by atoms with E-state index in [2.05, 4.69) is 34.5 Å². The lowest BCUT2D eigenvalue weighted by molar-refractivity contribution is -0.136. The highest BCUT2D eigenvalue weighted by Gasteiger charge is 2.24. The van der Waals surface area contributed by atoms with Crippen LogP contribution in [0.25, 0.3) is 6.08 Å². The molecule has 2 aliphatic heterocycles. The number of amides is 2. The Kier molecular flexibility index (Phi) is 7.42. The van der Waals surface area contributed by atoms with Gasteiger partial charge in [-0.2, -0.15) is 0 Å². The second-order valence-corrected chi connectivity index (χ2v) is 7.10. The molecule has 0 atom stereocenters. The highest BCUT2D eigenvalue weighted by atomic mass is 16.5. The van der Waals surface area contributed by atoms with Gasteiger partial charge in [-0.3, -0.25) is 14.5 Å². The highest BCUT2D eigenvalue weighted by molar-refractivity contribution is 5.85. The molecule has 146 valence electrons. The van der Waals surface area contributed by atoms with Gasteiger partial charge in [0.1, 0.15) is 0 Å². The van der Waals surface area contributed by atoms with Crippen molar-refractivity contribution in [3.8, 4) is 0 Å². The zero-order chi connectivity index (χ0) is 18.9. The van der Waals surface area contributed by atoms with E-state index in [1.54, 1.807) is 0 Å². The first-order chi connectivity index (χ1) is 13.2. The first kappa shape index (κ1) is 19.6. The molecule has 0 spiro atoms. The topological polar surface area (TPSA) is 61.9 Å². The van der Waals surface area contributed by atoms with Crippen molar-refractivity contribution in [1.29, 1.82) is 0 Å². The molecule has 0 saturated carbocycles. The second kappa shape index (κ2) is 10.2. The minimum absolute atomic E-state index is 0.00915. The van der Waals surface area contributed by atoms with E-state index in [0.29, 0.717) is 26.3 Å². The van der Waals surface area contributed by atoms with Gasteiger partial charge in [0.25, 0.3) is 0 Å². The molecule has 1 aromatic rings. The van der Waals surface area contributed by atoms with Crippen molar-refractivity contribution >= 4 is 17.9 Å². The Bertz CT molecular complexity index is 633. The molecule has 27 heavy (non-hydrogen) atoms. The van der Waals surface area contributed by atoms with Gasteiger partial charge in [-0.1, -0.05) is 42.5 Å². The zero-order valence-corrected chi connectivity index (χ0v) is 15.8. The smallest absolute Gasteiger partial charge is 0.242 e. The Morgan fingerprint density at radius 1 is 1.07 bits per heavy atom. The average Bonchev–Trinajstić information content (AvgIpc) is 2.73. The van der Waals surface area contributed by atoms with Crippen molar-refractivity contribution in [1.82, 2.24) is 15.1 Å². The van der Waals surface area contributed by atoms with Crippen LogP contribution in [0, 0.1) is 5.92 Å². The third-order valence-electron chi connectivity index (χ3n) is 5.20. The van der Waals surface area contributed by atoms with E-state index in [1.807, 2.05) is 23.1 Å². The SMILES string of the molecule is O=C(NCC(=O)N1CCN(C/C=C/c2ccccc2)CC1)C1CCOCC1. The van der Waals surface area contributed by atoms with E-state index in [-0.39, 0.29) is 24.3 Å². The molecular weight excluding hydrogens is 342 g/mol. The van der Waals surface area contributed by atoms with Gasteiger partial charge < -0.3 is 15.0 Å². The summed E-state index contributed by atoms with van der Waals surface area (Å²) < 4.78 is 5.27. The molecule has 2 amide bonds. The number of carbonyl (C=O) groups excluding carboxylic acids is 2. The number of nitrogens with zero attached hydrogens (tertiary/aromatic N) is 2. The number of piperazine rings is 1. The van der Waals surface area contributed by atoms with Gasteiger partial charge in [0.15, 0.2) is 0 Å². The maximum absolute atomic E-state index is 12.3. The fraction of sp³-hybridized carbons (Fsp3) is 0.524. The van der Waals surface area contributed by atoms with E-state index >= 15 is 0 Å². The lowest BCUT2D eigenvalue weighted by atomic mass is 9.99. The number of ether oxygens (including phenoxy) is 1. The van der Waals surface area contributed by atoms with Crippen LogP contribution in [0.15, 0.2) is 36.4 Å². The predicted octanol–water partition coefficient (Wildman–Crippen LogP) is 1.39. The summed E-state index contributed by atoms with van der Waals surface area (Å²) in [5, 5.41) is 2.80. The number of hydrogen-bond donors (Lipinski definition) is 1. The van der Waals surface area contributed by atoms with E-state index in [9.17, 15) is 9.59 Å². The molecule has 2 aliphatic rings. The molecular formula is C21H29N3O3. The zero-order valence-electron chi connectivity index (χ0n) is 15.8. The molecule has 0 radical (unpaired) electrons. The number of carbonyl (C=O) groups is 2. The maximum atomic E-state index is 12.3. The molecule has 6 heteroatoms. The van der Waals surface area contributed by atoms with Crippen molar-refractivity contribution in [2.24, 2.45) is 5.92 Å². The highest BCUT2D eigenvalue weighted by Crippen LogP contribution is 2.14. The summed E-state index contributed by atoms with van der Waals surface area (Å²) in [6.07, 6.45) is 5.79. The molecule has 2 fully saturated rings. The molecule has 1 aromatic carbocycles. The van der Waals surface area contributed by atoms with E-state index in [0.717, 1.165) is 32.5 Å². The minimum Gasteiger partial charge on any atom is -0.381 e. The molecule has 0 aromatic heterocycles. The van der Waals surface area contributed by atoms with Crippen LogP contribution in [0.3, 0.4) is 0 Å². The Labute approximate surface area is 161 Å². The van der Waals surface area contributed by atoms with E-state index < -0.39 is 0 Å². The van der Waals surface area contributed by atoms with Gasteiger partial charge in [0, 0.05) is 51.9 Å². The molecule has 0 unspecified atom stereocenters. The van der Waals surface area contributed by atoms with Crippen LogP contribution in [-0.4, -0.2) is 74.1 Å². The fourth-order valence-corrected chi connectivity index (χ4v) is 3.46. The van der Waals surface area contributed by atoms with Gasteiger partial charge in [-0.15, -0.1) is 0 Å². The quantitative estimate of drug-likeness (QED) is 0.821. The largest absolute Gasteiger partial charge is 0.381 e. The van der Waals surface area contributed by atoms with Crippen molar-refractivity contribution in [2.75, 3.05) is 52.5 Å². The summed E-state index contributed by atoms with van der Waals surface area (Å²) in [4.78, 5) is 28.7. The summed E-state index contributed by atoms with van der Waals surface area (Å²) in [6.45, 7) is 5.40. The van der Waals surface area contributed by atoms with Gasteiger partial charge >= 0.3 is 0 Å². The van der Waals surface area contributed by atoms with E-state index in [4.69, 9.17) is 4.74 Å². The van der Waals surface area contributed by atoms with Crippen LogP contribution in [0.2, 0.25) is 0 Å². The molecule has 0 bridgehead atoms. The van der Waals surface area contributed by atoms with Crippen LogP contribution in [-0.2, 0) is 14.3 Å². The van der Waals surface area contributed by atoms with E-state index in [1.165, 1.54) is 5.56 Å². The number of hydrogen-bond acceptors (Lipinski definition) is 4. The van der Waals surface area contributed by atoms with Crippen LogP contribution in [0.4, 0.5) is 0 Å². The Morgan fingerprint density at radius 3 is 2.48 bits per heavy atom. The predicted molar refractivity (Wildman–Crippen MR) is 105 cm³/mol. The van der Waals surface area contributed by atoms with Crippen LogP contribution in [0.1, 0.15) is 18.4 Å². The fourth-order valence-electron chi connectivity index (χ4n) is 3.46. The second-order valence-electron chi connectivity index (χ2n) is 7.10. The molecule has 3 rings (SSSR count). The van der Waals surface area contributed by atoms with Gasteiger partial charge in [-0.25, -0.2) is 0 Å².